The van der Waals surface area contributed by atoms with Gasteiger partial charge in [0.2, 0.25) is 5.95 Å². The highest BCUT2D eigenvalue weighted by atomic mass is 35.5. The van der Waals surface area contributed by atoms with E-state index in [0.717, 1.165) is 6.20 Å². The van der Waals surface area contributed by atoms with Crippen LogP contribution in [-0.2, 0) is 0 Å². The molecule has 1 aromatic rings. The molecule has 1 rings (SSSR count). The van der Waals surface area contributed by atoms with Crippen LogP contribution in [0.25, 0.3) is 0 Å². The predicted octanol–water partition coefficient (Wildman–Crippen LogP) is 0.832. The van der Waals surface area contributed by atoms with Crippen LogP contribution < -0.4 is 5.73 Å². The van der Waals surface area contributed by atoms with Crippen molar-refractivity contribution in [3.8, 4) is 0 Å². The molecule has 0 fully saturated rings. The van der Waals surface area contributed by atoms with Crippen molar-refractivity contribution in [3.63, 3.8) is 0 Å². The second kappa shape index (κ2) is 4.08. The van der Waals surface area contributed by atoms with E-state index in [1.54, 1.807) is 0 Å². The predicted molar refractivity (Wildman–Crippen MR) is 45.7 cm³/mol. The number of nitrogen functional groups attached to an aromatic ring is 1. The van der Waals surface area contributed by atoms with Crippen LogP contribution in [0.1, 0.15) is 10.5 Å². The molecule has 1 heterocycles. The maximum atomic E-state index is 10.3. The van der Waals surface area contributed by atoms with Crippen LogP contribution in [0.3, 0.4) is 0 Å². The topological polar surface area (TPSA) is 89.1 Å². The Bertz CT molecular complexity index is 305. The maximum Gasteiger partial charge on any atom is 0.356 e. The van der Waals surface area contributed by atoms with Crippen molar-refractivity contribution < 1.29 is 9.90 Å². The fourth-order valence-electron chi connectivity index (χ4n) is 0.531. The Balaban J connectivity index is 0.00000121. The summed E-state index contributed by atoms with van der Waals surface area (Å²) in [6, 6.07) is 0. The number of aromatic nitrogens is 2. The van der Waals surface area contributed by atoms with E-state index in [2.05, 4.69) is 9.97 Å². The number of carboxylic acids is 1. The second-order valence-corrected chi connectivity index (χ2v) is 2.14. The number of hydrogen-bond donors (Lipinski definition) is 2. The van der Waals surface area contributed by atoms with E-state index in [4.69, 9.17) is 22.4 Å². The minimum atomic E-state index is -1.22. The molecule has 0 aromatic carbocycles. The summed E-state index contributed by atoms with van der Waals surface area (Å²) >= 11 is 5.43. The summed E-state index contributed by atoms with van der Waals surface area (Å²) in [5, 5.41) is 8.44. The Morgan fingerprint density at radius 2 is 2.25 bits per heavy atom. The molecule has 0 aliphatic carbocycles. The third kappa shape index (κ3) is 2.21. The molecule has 66 valence electrons. The monoisotopic (exact) mass is 209 g/mol. The number of anilines is 1. The number of halogens is 2. The first-order valence-electron chi connectivity index (χ1n) is 2.62. The number of nitrogens with zero attached hydrogens (tertiary/aromatic N) is 2. The number of hydrogen-bond acceptors (Lipinski definition) is 4. The highest BCUT2D eigenvalue weighted by molar-refractivity contribution is 6.33. The van der Waals surface area contributed by atoms with Gasteiger partial charge >= 0.3 is 5.97 Å². The standard InChI is InChI=1S/C5H4ClN3O2.ClH/c6-2-1-8-5(7)9-3(2)4(10)11;/h1H,(H,10,11)(H2,7,8,9);1H. The average Bonchev–Trinajstić information content (AvgIpc) is 1.94. The van der Waals surface area contributed by atoms with Gasteiger partial charge < -0.3 is 10.8 Å². The van der Waals surface area contributed by atoms with Gasteiger partial charge in [0.15, 0.2) is 5.69 Å². The molecule has 0 spiro atoms. The Morgan fingerprint density at radius 1 is 1.67 bits per heavy atom. The van der Waals surface area contributed by atoms with Gasteiger partial charge in [-0.15, -0.1) is 12.4 Å². The summed E-state index contributed by atoms with van der Waals surface area (Å²) in [7, 11) is 0. The zero-order valence-electron chi connectivity index (χ0n) is 5.69. The molecule has 0 saturated heterocycles. The first-order valence-corrected chi connectivity index (χ1v) is 3.00. The fraction of sp³-hybridized carbons (Fsp3) is 0. The van der Waals surface area contributed by atoms with Crippen LogP contribution in [-0.4, -0.2) is 21.0 Å². The van der Waals surface area contributed by atoms with Crippen molar-refractivity contribution in [2.24, 2.45) is 0 Å². The lowest BCUT2D eigenvalue weighted by Gasteiger charge is -1.96. The van der Waals surface area contributed by atoms with E-state index in [0.29, 0.717) is 0 Å². The number of rotatable bonds is 1. The molecule has 0 amide bonds. The van der Waals surface area contributed by atoms with Crippen LogP contribution >= 0.6 is 24.0 Å². The third-order valence-corrected chi connectivity index (χ3v) is 1.24. The van der Waals surface area contributed by atoms with Gasteiger partial charge in [-0.05, 0) is 0 Å². The zero-order valence-corrected chi connectivity index (χ0v) is 7.26. The molecule has 0 saturated carbocycles. The van der Waals surface area contributed by atoms with Crippen molar-refractivity contribution in [1.29, 1.82) is 0 Å². The van der Waals surface area contributed by atoms with Crippen LogP contribution in [0, 0.1) is 0 Å². The SMILES string of the molecule is Cl.Nc1ncc(Cl)c(C(=O)O)n1. The highest BCUT2D eigenvalue weighted by Gasteiger charge is 2.10. The second-order valence-electron chi connectivity index (χ2n) is 1.73. The first-order chi connectivity index (χ1) is 5.11. The van der Waals surface area contributed by atoms with Gasteiger partial charge in [-0.3, -0.25) is 0 Å². The summed E-state index contributed by atoms with van der Waals surface area (Å²) in [4.78, 5) is 17.2. The van der Waals surface area contributed by atoms with E-state index >= 15 is 0 Å². The van der Waals surface area contributed by atoms with Crippen LogP contribution in [0.4, 0.5) is 5.95 Å². The lowest BCUT2D eigenvalue weighted by Crippen LogP contribution is -2.05. The largest absolute Gasteiger partial charge is 0.476 e. The first kappa shape index (κ1) is 10.9. The van der Waals surface area contributed by atoms with Crippen molar-refractivity contribution >= 4 is 35.9 Å². The Hall–Kier alpha value is -1.07. The smallest absolute Gasteiger partial charge is 0.356 e. The van der Waals surface area contributed by atoms with Crippen molar-refractivity contribution in [3.05, 3.63) is 16.9 Å². The molecule has 7 heteroatoms. The van der Waals surface area contributed by atoms with E-state index < -0.39 is 5.97 Å². The molecule has 1 aromatic heterocycles. The quantitative estimate of drug-likeness (QED) is 0.716. The van der Waals surface area contributed by atoms with Gasteiger partial charge in [-0.1, -0.05) is 11.6 Å². The molecule has 0 aliphatic rings. The summed E-state index contributed by atoms with van der Waals surface area (Å²) in [6.45, 7) is 0. The molecule has 0 radical (unpaired) electrons. The van der Waals surface area contributed by atoms with Crippen molar-refractivity contribution in [2.45, 2.75) is 0 Å². The third-order valence-electron chi connectivity index (χ3n) is 0.965. The summed E-state index contributed by atoms with van der Waals surface area (Å²) in [5.74, 6) is -1.32. The van der Waals surface area contributed by atoms with Gasteiger partial charge in [-0.2, -0.15) is 0 Å². The molecule has 0 bridgehead atoms. The Morgan fingerprint density at radius 3 is 2.67 bits per heavy atom. The van der Waals surface area contributed by atoms with Gasteiger partial charge in [0.25, 0.3) is 0 Å². The molecule has 12 heavy (non-hydrogen) atoms. The van der Waals surface area contributed by atoms with Crippen LogP contribution in [0.15, 0.2) is 6.20 Å². The molecule has 3 N–H and O–H groups in total. The molecule has 0 unspecified atom stereocenters. The van der Waals surface area contributed by atoms with E-state index in [1.807, 2.05) is 0 Å². The Kier molecular flexibility index (Phi) is 3.72. The van der Waals surface area contributed by atoms with Crippen LogP contribution in [0.2, 0.25) is 5.02 Å². The normalized spacial score (nSPS) is 8.75. The van der Waals surface area contributed by atoms with Gasteiger partial charge in [0.1, 0.15) is 0 Å². The molecular weight excluding hydrogens is 205 g/mol. The van der Waals surface area contributed by atoms with E-state index in [1.165, 1.54) is 0 Å². The lowest BCUT2D eigenvalue weighted by molar-refractivity contribution is 0.0690. The van der Waals surface area contributed by atoms with E-state index in [-0.39, 0.29) is 29.1 Å². The summed E-state index contributed by atoms with van der Waals surface area (Å²) in [6.07, 6.45) is 1.15. The maximum absolute atomic E-state index is 10.3. The summed E-state index contributed by atoms with van der Waals surface area (Å²) < 4.78 is 0. The summed E-state index contributed by atoms with van der Waals surface area (Å²) in [5.41, 5.74) is 4.84. The number of carbonyl (C=O) groups is 1. The van der Waals surface area contributed by atoms with Crippen molar-refractivity contribution in [1.82, 2.24) is 9.97 Å². The van der Waals surface area contributed by atoms with Gasteiger partial charge in [0.05, 0.1) is 11.2 Å². The van der Waals surface area contributed by atoms with E-state index in [9.17, 15) is 4.79 Å². The number of carboxylic acid groups (broad SMARTS) is 1. The van der Waals surface area contributed by atoms with Gasteiger partial charge in [-0.25, -0.2) is 14.8 Å². The van der Waals surface area contributed by atoms with Crippen LogP contribution in [0.5, 0.6) is 0 Å². The molecule has 0 atom stereocenters. The number of nitrogens with two attached hydrogens (primary N) is 1. The molecule has 5 nitrogen and oxygen atoms in total. The minimum Gasteiger partial charge on any atom is -0.476 e. The van der Waals surface area contributed by atoms with Crippen molar-refractivity contribution in [2.75, 3.05) is 5.73 Å². The highest BCUT2D eigenvalue weighted by Crippen LogP contribution is 2.11. The Labute approximate surface area is 79.0 Å². The zero-order chi connectivity index (χ0) is 8.43. The molecular formula is C5H5Cl2N3O2. The minimum absolute atomic E-state index is 0. The van der Waals surface area contributed by atoms with Gasteiger partial charge in [0, 0.05) is 0 Å². The molecule has 0 aliphatic heterocycles. The average molecular weight is 210 g/mol. The lowest BCUT2D eigenvalue weighted by atomic mass is 10.4. The fourth-order valence-corrected chi connectivity index (χ4v) is 0.703. The number of aromatic carboxylic acids is 1.